The summed E-state index contributed by atoms with van der Waals surface area (Å²) in [5.41, 5.74) is 0. The summed E-state index contributed by atoms with van der Waals surface area (Å²) in [6.45, 7) is 7.01. The van der Waals surface area contributed by atoms with E-state index in [0.717, 1.165) is 6.04 Å². The molecule has 1 aliphatic rings. The molecule has 72 valence electrons. The monoisotopic (exact) mass is 170 g/mol. The van der Waals surface area contributed by atoms with E-state index in [1.165, 1.54) is 32.4 Å². The summed E-state index contributed by atoms with van der Waals surface area (Å²) < 4.78 is 0. The van der Waals surface area contributed by atoms with Crippen molar-refractivity contribution in [1.29, 1.82) is 0 Å². The Labute approximate surface area is 76.3 Å². The standard InChI is InChI=1S/C10H22N2/c1-4-7-12(10-5-6-10)8-9(2)11-3/h9-11H,4-8H2,1-3H3. The van der Waals surface area contributed by atoms with E-state index in [-0.39, 0.29) is 0 Å². The van der Waals surface area contributed by atoms with Crippen LogP contribution in [0.1, 0.15) is 33.1 Å². The molecule has 0 aromatic heterocycles. The largest absolute Gasteiger partial charge is 0.316 e. The van der Waals surface area contributed by atoms with Gasteiger partial charge in [0, 0.05) is 18.6 Å². The van der Waals surface area contributed by atoms with Crippen molar-refractivity contribution in [1.82, 2.24) is 10.2 Å². The first-order valence-corrected chi connectivity index (χ1v) is 5.19. The van der Waals surface area contributed by atoms with E-state index in [1.54, 1.807) is 0 Å². The molecular formula is C10H22N2. The first-order valence-electron chi connectivity index (χ1n) is 5.19. The summed E-state index contributed by atoms with van der Waals surface area (Å²) in [6.07, 6.45) is 4.14. The van der Waals surface area contributed by atoms with Gasteiger partial charge in [-0.2, -0.15) is 0 Å². The minimum atomic E-state index is 0.636. The van der Waals surface area contributed by atoms with E-state index in [1.807, 2.05) is 7.05 Å². The van der Waals surface area contributed by atoms with Gasteiger partial charge < -0.3 is 5.32 Å². The molecule has 0 heterocycles. The number of hydrogen-bond donors (Lipinski definition) is 1. The molecule has 0 saturated heterocycles. The number of hydrogen-bond acceptors (Lipinski definition) is 2. The highest BCUT2D eigenvalue weighted by atomic mass is 15.2. The molecule has 1 unspecified atom stereocenters. The second kappa shape index (κ2) is 4.83. The zero-order valence-corrected chi connectivity index (χ0v) is 8.64. The fourth-order valence-electron chi connectivity index (χ4n) is 1.59. The Bertz CT molecular complexity index is 121. The number of likely N-dealkylation sites (N-methyl/N-ethyl adjacent to an activating group) is 1. The van der Waals surface area contributed by atoms with Gasteiger partial charge in [-0.1, -0.05) is 6.92 Å². The van der Waals surface area contributed by atoms with Crippen molar-refractivity contribution in [2.24, 2.45) is 0 Å². The molecule has 1 rings (SSSR count). The molecule has 2 heteroatoms. The van der Waals surface area contributed by atoms with Gasteiger partial charge in [0.1, 0.15) is 0 Å². The van der Waals surface area contributed by atoms with E-state index >= 15 is 0 Å². The van der Waals surface area contributed by atoms with Crippen LogP contribution >= 0.6 is 0 Å². The van der Waals surface area contributed by atoms with Crippen molar-refractivity contribution in [2.75, 3.05) is 20.1 Å². The Morgan fingerprint density at radius 1 is 1.50 bits per heavy atom. The summed E-state index contributed by atoms with van der Waals surface area (Å²) in [6, 6.07) is 1.55. The molecule has 0 bridgehead atoms. The molecular weight excluding hydrogens is 148 g/mol. The van der Waals surface area contributed by atoms with E-state index in [4.69, 9.17) is 0 Å². The zero-order valence-electron chi connectivity index (χ0n) is 8.64. The van der Waals surface area contributed by atoms with Crippen LogP contribution in [-0.2, 0) is 0 Å². The molecule has 1 N–H and O–H groups in total. The van der Waals surface area contributed by atoms with Crippen LogP contribution < -0.4 is 5.32 Å². The van der Waals surface area contributed by atoms with Crippen LogP contribution in [0.5, 0.6) is 0 Å². The maximum Gasteiger partial charge on any atom is 0.0163 e. The van der Waals surface area contributed by atoms with Gasteiger partial charge >= 0.3 is 0 Å². The first-order chi connectivity index (χ1) is 5.77. The molecule has 12 heavy (non-hydrogen) atoms. The Kier molecular flexibility index (Phi) is 4.02. The van der Waals surface area contributed by atoms with Crippen LogP contribution in [0.3, 0.4) is 0 Å². The van der Waals surface area contributed by atoms with Crippen LogP contribution in [0.2, 0.25) is 0 Å². The maximum absolute atomic E-state index is 3.29. The van der Waals surface area contributed by atoms with Gasteiger partial charge in [0.2, 0.25) is 0 Å². The third kappa shape index (κ3) is 3.11. The molecule has 2 nitrogen and oxygen atoms in total. The summed E-state index contributed by atoms with van der Waals surface area (Å²) in [4.78, 5) is 2.63. The van der Waals surface area contributed by atoms with Crippen molar-refractivity contribution < 1.29 is 0 Å². The fourth-order valence-corrected chi connectivity index (χ4v) is 1.59. The molecule has 0 aliphatic heterocycles. The lowest BCUT2D eigenvalue weighted by Crippen LogP contribution is -2.39. The highest BCUT2D eigenvalue weighted by Crippen LogP contribution is 2.26. The third-order valence-corrected chi connectivity index (χ3v) is 2.58. The molecule has 0 amide bonds. The van der Waals surface area contributed by atoms with Crippen LogP contribution in [0.15, 0.2) is 0 Å². The number of rotatable bonds is 6. The third-order valence-electron chi connectivity index (χ3n) is 2.58. The molecule has 1 fully saturated rings. The van der Waals surface area contributed by atoms with E-state index in [0.29, 0.717) is 6.04 Å². The quantitative estimate of drug-likeness (QED) is 0.649. The zero-order chi connectivity index (χ0) is 8.97. The highest BCUT2D eigenvalue weighted by Gasteiger charge is 2.28. The smallest absolute Gasteiger partial charge is 0.0163 e. The van der Waals surface area contributed by atoms with Crippen molar-refractivity contribution in [3.63, 3.8) is 0 Å². The Balaban J connectivity index is 2.22. The maximum atomic E-state index is 3.29. The summed E-state index contributed by atoms with van der Waals surface area (Å²) >= 11 is 0. The lowest BCUT2D eigenvalue weighted by atomic mass is 10.3. The molecule has 0 spiro atoms. The summed E-state index contributed by atoms with van der Waals surface area (Å²) in [5.74, 6) is 0. The van der Waals surface area contributed by atoms with Crippen molar-refractivity contribution in [3.05, 3.63) is 0 Å². The van der Waals surface area contributed by atoms with Crippen molar-refractivity contribution >= 4 is 0 Å². The SMILES string of the molecule is CCCN(CC(C)NC)C1CC1. The Morgan fingerprint density at radius 2 is 2.17 bits per heavy atom. The van der Waals surface area contributed by atoms with Gasteiger partial charge in [0.15, 0.2) is 0 Å². The average Bonchev–Trinajstić information content (AvgIpc) is 2.86. The van der Waals surface area contributed by atoms with Crippen molar-refractivity contribution in [3.8, 4) is 0 Å². The van der Waals surface area contributed by atoms with Gasteiger partial charge in [-0.15, -0.1) is 0 Å². The van der Waals surface area contributed by atoms with Gasteiger partial charge in [0.05, 0.1) is 0 Å². The molecule has 1 aliphatic carbocycles. The predicted octanol–water partition coefficient (Wildman–Crippen LogP) is 1.47. The Morgan fingerprint density at radius 3 is 2.58 bits per heavy atom. The lowest BCUT2D eigenvalue weighted by molar-refractivity contribution is 0.242. The second-order valence-corrected chi connectivity index (χ2v) is 3.92. The second-order valence-electron chi connectivity index (χ2n) is 3.92. The van der Waals surface area contributed by atoms with Gasteiger partial charge in [-0.3, -0.25) is 4.90 Å². The average molecular weight is 170 g/mol. The normalized spacial score (nSPS) is 20.0. The van der Waals surface area contributed by atoms with E-state index in [2.05, 4.69) is 24.1 Å². The van der Waals surface area contributed by atoms with Crippen LogP contribution in [0.25, 0.3) is 0 Å². The van der Waals surface area contributed by atoms with Crippen LogP contribution in [-0.4, -0.2) is 37.1 Å². The predicted molar refractivity (Wildman–Crippen MR) is 53.4 cm³/mol. The van der Waals surface area contributed by atoms with E-state index < -0.39 is 0 Å². The highest BCUT2D eigenvalue weighted by molar-refractivity contribution is 4.85. The molecule has 1 atom stereocenters. The van der Waals surface area contributed by atoms with Crippen molar-refractivity contribution in [2.45, 2.75) is 45.2 Å². The molecule has 0 aromatic carbocycles. The number of nitrogens with one attached hydrogen (secondary N) is 1. The van der Waals surface area contributed by atoms with Crippen LogP contribution in [0, 0.1) is 0 Å². The van der Waals surface area contributed by atoms with Crippen LogP contribution in [0.4, 0.5) is 0 Å². The molecule has 0 aromatic rings. The lowest BCUT2D eigenvalue weighted by Gasteiger charge is -2.24. The summed E-state index contributed by atoms with van der Waals surface area (Å²) in [7, 11) is 2.04. The number of nitrogens with zero attached hydrogens (tertiary/aromatic N) is 1. The molecule has 0 radical (unpaired) electrons. The van der Waals surface area contributed by atoms with Gasteiger partial charge in [-0.05, 0) is 39.8 Å². The fraction of sp³-hybridized carbons (Fsp3) is 1.00. The minimum absolute atomic E-state index is 0.636. The Hall–Kier alpha value is -0.0800. The molecule has 1 saturated carbocycles. The topological polar surface area (TPSA) is 15.3 Å². The first kappa shape index (κ1) is 10.0. The van der Waals surface area contributed by atoms with Gasteiger partial charge in [0.25, 0.3) is 0 Å². The summed E-state index contributed by atoms with van der Waals surface area (Å²) in [5, 5.41) is 3.29. The van der Waals surface area contributed by atoms with Gasteiger partial charge in [-0.25, -0.2) is 0 Å². The van der Waals surface area contributed by atoms with E-state index in [9.17, 15) is 0 Å². The minimum Gasteiger partial charge on any atom is -0.316 e.